The predicted molar refractivity (Wildman–Crippen MR) is 109 cm³/mol. The molecule has 0 radical (unpaired) electrons. The number of nitrogens with two attached hydrogens (primary N) is 1. The summed E-state index contributed by atoms with van der Waals surface area (Å²) in [6.07, 6.45) is -3.00. The monoisotopic (exact) mass is 408 g/mol. The zero-order valence-corrected chi connectivity index (χ0v) is 16.4. The van der Waals surface area contributed by atoms with Crippen molar-refractivity contribution in [2.45, 2.75) is 38.3 Å². The number of halogens is 3. The highest BCUT2D eigenvalue weighted by Gasteiger charge is 2.31. The number of carbonyl (C=O) groups excluding carboxylic acids is 1. The topological polar surface area (TPSA) is 55.1 Å². The maximum Gasteiger partial charge on any atom is 0.416 e. The van der Waals surface area contributed by atoms with Crippen molar-refractivity contribution in [1.82, 2.24) is 5.32 Å². The van der Waals surface area contributed by atoms with Crippen LogP contribution >= 0.6 is 12.2 Å². The molecule has 28 heavy (non-hydrogen) atoms. The Kier molecular flexibility index (Phi) is 7.57. The van der Waals surface area contributed by atoms with Crippen LogP contribution in [0.2, 0.25) is 0 Å². The van der Waals surface area contributed by atoms with Gasteiger partial charge in [-0.15, -0.1) is 0 Å². The van der Waals surface area contributed by atoms with Gasteiger partial charge in [0.2, 0.25) is 5.91 Å². The molecule has 2 rings (SSSR count). The van der Waals surface area contributed by atoms with E-state index in [0.717, 1.165) is 17.7 Å². The molecule has 0 aromatic heterocycles. The maximum atomic E-state index is 13.1. The third-order valence-electron chi connectivity index (χ3n) is 4.47. The minimum absolute atomic E-state index is 0.178. The number of alkyl halides is 3. The number of nitrogens with one attached hydrogen (secondary N) is 1. The molecular weight excluding hydrogens is 385 g/mol. The molecular formula is C21H23F3N2OS. The number of amides is 1. The minimum atomic E-state index is -4.41. The molecule has 0 aliphatic heterocycles. The number of carbonyl (C=O) groups is 1. The quantitative estimate of drug-likeness (QED) is 0.483. The fourth-order valence-electron chi connectivity index (χ4n) is 3.03. The summed E-state index contributed by atoms with van der Waals surface area (Å²) >= 11 is 5.52. The molecule has 0 saturated heterocycles. The first kappa shape index (κ1) is 21.9. The fourth-order valence-corrected chi connectivity index (χ4v) is 3.39. The summed E-state index contributed by atoms with van der Waals surface area (Å²) in [5.41, 5.74) is 7.37. The van der Waals surface area contributed by atoms with Crippen LogP contribution in [0.1, 0.15) is 42.4 Å². The molecule has 0 saturated carbocycles. The van der Waals surface area contributed by atoms with E-state index in [0.29, 0.717) is 41.9 Å². The highest BCUT2D eigenvalue weighted by atomic mass is 32.1. The van der Waals surface area contributed by atoms with Crippen LogP contribution in [0.15, 0.2) is 48.5 Å². The summed E-state index contributed by atoms with van der Waals surface area (Å²) < 4.78 is 39.3. The zero-order valence-electron chi connectivity index (χ0n) is 15.6. The SMILES string of the molecule is CC(=O)NCCC(CC(=S)Cc1ccccc1N)c1cccc(C(F)(F)F)c1. The maximum absolute atomic E-state index is 13.1. The van der Waals surface area contributed by atoms with Crippen molar-refractivity contribution in [3.8, 4) is 0 Å². The highest BCUT2D eigenvalue weighted by Crippen LogP contribution is 2.33. The normalized spacial score (nSPS) is 12.4. The van der Waals surface area contributed by atoms with Crippen LogP contribution < -0.4 is 11.1 Å². The van der Waals surface area contributed by atoms with Crippen LogP contribution in [0, 0.1) is 0 Å². The number of anilines is 1. The molecule has 1 unspecified atom stereocenters. The molecule has 0 aliphatic rings. The fraction of sp³-hybridized carbons (Fsp3) is 0.333. The standard InChI is InChI=1S/C21H23F3N2OS/c1-14(27)26-10-9-16(15-6-4-7-18(11-15)21(22,23)24)12-19(28)13-17-5-2-3-8-20(17)25/h2-8,11,16H,9-10,12-13,25H2,1H3,(H,26,27). The first-order valence-electron chi connectivity index (χ1n) is 8.93. The van der Waals surface area contributed by atoms with Crippen LogP contribution in [-0.4, -0.2) is 17.3 Å². The lowest BCUT2D eigenvalue weighted by atomic mass is 9.88. The van der Waals surface area contributed by atoms with Gasteiger partial charge in [0.05, 0.1) is 5.56 Å². The second kappa shape index (κ2) is 9.68. The Bertz CT molecular complexity index is 836. The van der Waals surface area contributed by atoms with Crippen LogP contribution in [0.5, 0.6) is 0 Å². The molecule has 0 heterocycles. The van der Waals surface area contributed by atoms with Gasteiger partial charge in [-0.25, -0.2) is 0 Å². The summed E-state index contributed by atoms with van der Waals surface area (Å²) in [5.74, 6) is -0.408. The summed E-state index contributed by atoms with van der Waals surface area (Å²) in [5, 5.41) is 2.70. The van der Waals surface area contributed by atoms with Crippen LogP contribution in [0.3, 0.4) is 0 Å². The predicted octanol–water partition coefficient (Wildman–Crippen LogP) is 4.90. The van der Waals surface area contributed by atoms with Gasteiger partial charge in [0.25, 0.3) is 0 Å². The molecule has 0 aliphatic carbocycles. The Labute approximate surface area is 168 Å². The minimum Gasteiger partial charge on any atom is -0.398 e. The Morgan fingerprint density at radius 2 is 1.89 bits per heavy atom. The van der Waals surface area contributed by atoms with Crippen LogP contribution in [-0.2, 0) is 17.4 Å². The molecule has 1 atom stereocenters. The first-order valence-corrected chi connectivity index (χ1v) is 9.34. The van der Waals surface area contributed by atoms with Crippen molar-refractivity contribution in [1.29, 1.82) is 0 Å². The lowest BCUT2D eigenvalue weighted by Crippen LogP contribution is -2.23. The van der Waals surface area contributed by atoms with E-state index in [2.05, 4.69) is 5.32 Å². The molecule has 7 heteroatoms. The number of rotatable bonds is 8. The Morgan fingerprint density at radius 1 is 1.18 bits per heavy atom. The van der Waals surface area contributed by atoms with Crippen molar-refractivity contribution in [3.63, 3.8) is 0 Å². The van der Waals surface area contributed by atoms with Crippen molar-refractivity contribution in [2.24, 2.45) is 0 Å². The van der Waals surface area contributed by atoms with Crippen molar-refractivity contribution < 1.29 is 18.0 Å². The van der Waals surface area contributed by atoms with Gasteiger partial charge in [0, 0.05) is 25.6 Å². The van der Waals surface area contributed by atoms with Crippen LogP contribution in [0.4, 0.5) is 18.9 Å². The number of hydrogen-bond donors (Lipinski definition) is 2. The number of nitrogen functional groups attached to an aromatic ring is 1. The number of para-hydroxylation sites is 1. The third kappa shape index (κ3) is 6.64. The largest absolute Gasteiger partial charge is 0.416 e. The smallest absolute Gasteiger partial charge is 0.398 e. The second-order valence-electron chi connectivity index (χ2n) is 6.71. The van der Waals surface area contributed by atoms with E-state index in [1.165, 1.54) is 13.0 Å². The van der Waals surface area contributed by atoms with Gasteiger partial charge >= 0.3 is 6.18 Å². The van der Waals surface area contributed by atoms with Gasteiger partial charge in [0.1, 0.15) is 0 Å². The summed E-state index contributed by atoms with van der Waals surface area (Å²) in [6, 6.07) is 12.7. The average Bonchev–Trinajstić information content (AvgIpc) is 2.62. The van der Waals surface area contributed by atoms with E-state index >= 15 is 0 Å². The van der Waals surface area contributed by atoms with Gasteiger partial charge in [-0.05, 0) is 46.9 Å². The van der Waals surface area contributed by atoms with Crippen LogP contribution in [0.25, 0.3) is 0 Å². The molecule has 2 aromatic carbocycles. The van der Waals surface area contributed by atoms with Crippen molar-refractivity contribution in [2.75, 3.05) is 12.3 Å². The Balaban J connectivity index is 2.18. The molecule has 0 bridgehead atoms. The number of benzene rings is 2. The second-order valence-corrected chi connectivity index (χ2v) is 7.29. The molecule has 3 nitrogen and oxygen atoms in total. The summed E-state index contributed by atoms with van der Waals surface area (Å²) in [7, 11) is 0. The van der Waals surface area contributed by atoms with E-state index in [4.69, 9.17) is 18.0 Å². The van der Waals surface area contributed by atoms with Gasteiger partial charge in [-0.3, -0.25) is 4.79 Å². The molecule has 150 valence electrons. The van der Waals surface area contributed by atoms with E-state index < -0.39 is 11.7 Å². The number of hydrogen-bond acceptors (Lipinski definition) is 3. The summed E-state index contributed by atoms with van der Waals surface area (Å²) in [6.45, 7) is 1.77. The number of thiocarbonyl (C=S) groups is 1. The van der Waals surface area contributed by atoms with Gasteiger partial charge in [-0.1, -0.05) is 48.6 Å². The molecule has 2 aromatic rings. The average molecular weight is 408 g/mol. The molecule has 1 amide bonds. The molecule has 0 fully saturated rings. The van der Waals surface area contributed by atoms with E-state index in [1.807, 2.05) is 18.2 Å². The lowest BCUT2D eigenvalue weighted by molar-refractivity contribution is -0.137. The first-order chi connectivity index (χ1) is 13.2. The Morgan fingerprint density at radius 3 is 2.54 bits per heavy atom. The summed E-state index contributed by atoms with van der Waals surface area (Å²) in [4.78, 5) is 11.9. The third-order valence-corrected chi connectivity index (χ3v) is 4.78. The van der Waals surface area contributed by atoms with Gasteiger partial charge in [-0.2, -0.15) is 13.2 Å². The van der Waals surface area contributed by atoms with Gasteiger partial charge < -0.3 is 11.1 Å². The molecule has 3 N–H and O–H groups in total. The van der Waals surface area contributed by atoms with Crippen molar-refractivity contribution >= 4 is 28.7 Å². The lowest BCUT2D eigenvalue weighted by Gasteiger charge is -2.20. The van der Waals surface area contributed by atoms with E-state index in [9.17, 15) is 18.0 Å². The molecule has 0 spiro atoms. The van der Waals surface area contributed by atoms with Crippen molar-refractivity contribution in [3.05, 3.63) is 65.2 Å². The zero-order chi connectivity index (χ0) is 20.7. The van der Waals surface area contributed by atoms with Gasteiger partial charge in [0.15, 0.2) is 0 Å². The van der Waals surface area contributed by atoms with E-state index in [1.54, 1.807) is 12.1 Å². The highest BCUT2D eigenvalue weighted by molar-refractivity contribution is 7.80. The Hall–Kier alpha value is -2.41. The van der Waals surface area contributed by atoms with E-state index in [-0.39, 0.29) is 11.8 Å².